The largest absolute Gasteiger partial charge is 0.494 e. The molecule has 0 heterocycles. The number of rotatable bonds is 10. The van der Waals surface area contributed by atoms with Gasteiger partial charge in [-0.05, 0) is 60.9 Å². The van der Waals surface area contributed by atoms with Gasteiger partial charge in [0.1, 0.15) is 11.5 Å². The summed E-state index contributed by atoms with van der Waals surface area (Å²) in [4.78, 5) is 12.5. The van der Waals surface area contributed by atoms with Crippen molar-refractivity contribution in [1.29, 1.82) is 0 Å². The SMILES string of the molecule is CCCCOc1ccc(-c2ccc(-c3ccc(C(=O)Oc4ccc(OCC)c(F)c4)cc3)c(F)c2F)cc1. The normalized spacial score (nSPS) is 10.8. The number of carbonyl (C=O) groups excluding carboxylic acids is 1. The zero-order valence-electron chi connectivity index (χ0n) is 21.1. The van der Waals surface area contributed by atoms with E-state index in [4.69, 9.17) is 14.2 Å². The lowest BCUT2D eigenvalue weighted by atomic mass is 9.98. The van der Waals surface area contributed by atoms with E-state index in [-0.39, 0.29) is 28.2 Å². The molecule has 0 saturated carbocycles. The van der Waals surface area contributed by atoms with E-state index in [1.54, 1.807) is 31.2 Å². The van der Waals surface area contributed by atoms with Gasteiger partial charge in [-0.15, -0.1) is 0 Å². The molecule has 196 valence electrons. The molecule has 0 aliphatic heterocycles. The van der Waals surface area contributed by atoms with Crippen molar-refractivity contribution >= 4 is 5.97 Å². The number of benzene rings is 4. The van der Waals surface area contributed by atoms with Crippen LogP contribution in [0.4, 0.5) is 13.2 Å². The minimum Gasteiger partial charge on any atom is -0.494 e. The molecule has 0 amide bonds. The highest BCUT2D eigenvalue weighted by Crippen LogP contribution is 2.32. The Hall–Kier alpha value is -4.26. The fourth-order valence-electron chi connectivity index (χ4n) is 3.83. The molecule has 0 unspecified atom stereocenters. The highest BCUT2D eigenvalue weighted by Gasteiger charge is 2.17. The Kier molecular flexibility index (Phi) is 8.69. The van der Waals surface area contributed by atoms with Crippen LogP contribution >= 0.6 is 0 Å². The Morgan fingerprint density at radius 2 is 1.29 bits per heavy atom. The molecule has 4 aromatic rings. The smallest absolute Gasteiger partial charge is 0.343 e. The number of ether oxygens (including phenoxy) is 3. The van der Waals surface area contributed by atoms with Crippen LogP contribution in [0.1, 0.15) is 37.0 Å². The van der Waals surface area contributed by atoms with Crippen molar-refractivity contribution in [3.8, 4) is 39.5 Å². The molecule has 0 radical (unpaired) electrons. The predicted molar refractivity (Wildman–Crippen MR) is 140 cm³/mol. The number of halogens is 3. The van der Waals surface area contributed by atoms with Crippen LogP contribution in [0.25, 0.3) is 22.3 Å². The van der Waals surface area contributed by atoms with Crippen LogP contribution in [0.15, 0.2) is 78.9 Å². The summed E-state index contributed by atoms with van der Waals surface area (Å²) in [6, 6.07) is 19.6. The van der Waals surface area contributed by atoms with E-state index >= 15 is 8.78 Å². The lowest BCUT2D eigenvalue weighted by molar-refractivity contribution is 0.0734. The van der Waals surface area contributed by atoms with Crippen molar-refractivity contribution in [2.75, 3.05) is 13.2 Å². The third kappa shape index (κ3) is 6.17. The Labute approximate surface area is 219 Å². The van der Waals surface area contributed by atoms with E-state index in [1.807, 2.05) is 0 Å². The van der Waals surface area contributed by atoms with Crippen LogP contribution in [0.2, 0.25) is 0 Å². The summed E-state index contributed by atoms with van der Waals surface area (Å²) in [6.07, 6.45) is 1.96. The summed E-state index contributed by atoms with van der Waals surface area (Å²) in [5.74, 6) is -2.58. The zero-order valence-corrected chi connectivity index (χ0v) is 21.1. The van der Waals surface area contributed by atoms with Crippen LogP contribution in [-0.4, -0.2) is 19.2 Å². The molecule has 7 heteroatoms. The summed E-state index contributed by atoms with van der Waals surface area (Å²) in [5, 5.41) is 0. The minimum atomic E-state index is -0.994. The molecular formula is C31H27F3O4. The molecule has 0 spiro atoms. The Morgan fingerprint density at radius 3 is 1.84 bits per heavy atom. The van der Waals surface area contributed by atoms with E-state index in [1.165, 1.54) is 48.5 Å². The number of carbonyl (C=O) groups is 1. The van der Waals surface area contributed by atoms with E-state index in [9.17, 15) is 9.18 Å². The number of unbranched alkanes of at least 4 members (excludes halogenated alkanes) is 1. The summed E-state index contributed by atoms with van der Waals surface area (Å²) in [7, 11) is 0. The molecule has 4 rings (SSSR count). The highest BCUT2D eigenvalue weighted by molar-refractivity contribution is 5.91. The van der Waals surface area contributed by atoms with Crippen LogP contribution in [0.5, 0.6) is 17.2 Å². The van der Waals surface area contributed by atoms with Crippen molar-refractivity contribution in [3.05, 3.63) is 102 Å². The standard InChI is InChI=1S/C31H27F3O4/c1-3-5-18-37-23-12-10-21(11-13-23)26-16-15-25(29(33)30(26)34)20-6-8-22(9-7-20)31(35)38-24-14-17-28(36-4-2)27(32)19-24/h6-17,19H,3-5,18H2,1-2H3. The lowest BCUT2D eigenvalue weighted by Crippen LogP contribution is -2.08. The van der Waals surface area contributed by atoms with Crippen molar-refractivity contribution in [1.82, 2.24) is 0 Å². The molecular weight excluding hydrogens is 493 g/mol. The first-order valence-corrected chi connectivity index (χ1v) is 12.4. The van der Waals surface area contributed by atoms with Gasteiger partial charge in [0.2, 0.25) is 0 Å². The van der Waals surface area contributed by atoms with Crippen molar-refractivity contribution in [2.24, 2.45) is 0 Å². The fourth-order valence-corrected chi connectivity index (χ4v) is 3.83. The molecule has 0 bridgehead atoms. The van der Waals surface area contributed by atoms with Gasteiger partial charge in [-0.25, -0.2) is 18.0 Å². The molecule has 4 nitrogen and oxygen atoms in total. The third-order valence-electron chi connectivity index (χ3n) is 5.86. The number of hydrogen-bond donors (Lipinski definition) is 0. The van der Waals surface area contributed by atoms with Gasteiger partial charge in [-0.2, -0.15) is 0 Å². The topological polar surface area (TPSA) is 44.8 Å². The van der Waals surface area contributed by atoms with Gasteiger partial charge in [-0.1, -0.05) is 49.7 Å². The van der Waals surface area contributed by atoms with E-state index in [0.717, 1.165) is 18.9 Å². The average molecular weight is 521 g/mol. The van der Waals surface area contributed by atoms with Gasteiger partial charge < -0.3 is 14.2 Å². The summed E-state index contributed by atoms with van der Waals surface area (Å²) >= 11 is 0. The summed E-state index contributed by atoms with van der Waals surface area (Å²) in [6.45, 7) is 4.71. The maximum atomic E-state index is 15.1. The van der Waals surface area contributed by atoms with E-state index in [2.05, 4.69) is 6.92 Å². The van der Waals surface area contributed by atoms with Crippen LogP contribution in [0, 0.1) is 17.5 Å². The fraction of sp³-hybridized carbons (Fsp3) is 0.194. The Balaban J connectivity index is 1.48. The maximum absolute atomic E-state index is 15.1. The van der Waals surface area contributed by atoms with Gasteiger partial charge in [0.25, 0.3) is 0 Å². The van der Waals surface area contributed by atoms with Gasteiger partial charge in [0.15, 0.2) is 23.2 Å². The highest BCUT2D eigenvalue weighted by atomic mass is 19.2. The first kappa shape index (κ1) is 26.8. The van der Waals surface area contributed by atoms with E-state index < -0.39 is 23.4 Å². The van der Waals surface area contributed by atoms with Crippen molar-refractivity contribution in [2.45, 2.75) is 26.7 Å². The Bertz CT molecular complexity index is 1400. The number of esters is 1. The van der Waals surface area contributed by atoms with Crippen molar-refractivity contribution < 1.29 is 32.2 Å². The summed E-state index contributed by atoms with van der Waals surface area (Å²) < 4.78 is 60.1. The van der Waals surface area contributed by atoms with Crippen LogP contribution < -0.4 is 14.2 Å². The minimum absolute atomic E-state index is 0.0179. The monoisotopic (exact) mass is 520 g/mol. The van der Waals surface area contributed by atoms with E-state index in [0.29, 0.717) is 30.1 Å². The van der Waals surface area contributed by atoms with Crippen molar-refractivity contribution in [3.63, 3.8) is 0 Å². The number of hydrogen-bond acceptors (Lipinski definition) is 4. The molecule has 38 heavy (non-hydrogen) atoms. The van der Waals surface area contributed by atoms with Crippen LogP contribution in [0.3, 0.4) is 0 Å². The second-order valence-electron chi connectivity index (χ2n) is 8.51. The molecule has 0 fully saturated rings. The molecule has 0 atom stereocenters. The van der Waals surface area contributed by atoms with Crippen LogP contribution in [-0.2, 0) is 0 Å². The molecule has 4 aromatic carbocycles. The van der Waals surface area contributed by atoms with Gasteiger partial charge >= 0.3 is 5.97 Å². The van der Waals surface area contributed by atoms with Gasteiger partial charge in [0, 0.05) is 17.2 Å². The zero-order chi connectivity index (χ0) is 27.1. The van der Waals surface area contributed by atoms with Gasteiger partial charge in [-0.3, -0.25) is 0 Å². The maximum Gasteiger partial charge on any atom is 0.343 e. The first-order valence-electron chi connectivity index (χ1n) is 12.4. The predicted octanol–water partition coefficient (Wildman–Crippen LogP) is 8.23. The quantitative estimate of drug-likeness (QED) is 0.120. The first-order chi connectivity index (χ1) is 18.4. The Morgan fingerprint density at radius 1 is 0.711 bits per heavy atom. The molecule has 0 N–H and O–H groups in total. The average Bonchev–Trinajstić information content (AvgIpc) is 2.92. The molecule has 0 aliphatic carbocycles. The van der Waals surface area contributed by atoms with Gasteiger partial charge in [0.05, 0.1) is 18.8 Å². The third-order valence-corrected chi connectivity index (χ3v) is 5.86. The molecule has 0 saturated heterocycles. The molecule has 0 aliphatic rings. The lowest BCUT2D eigenvalue weighted by Gasteiger charge is -2.11. The summed E-state index contributed by atoms with van der Waals surface area (Å²) in [5.41, 5.74) is 1.27. The second kappa shape index (κ2) is 12.3. The molecule has 0 aromatic heterocycles. The second-order valence-corrected chi connectivity index (χ2v) is 8.51.